The predicted molar refractivity (Wildman–Crippen MR) is 164 cm³/mol. The van der Waals surface area contributed by atoms with E-state index in [1.54, 1.807) is 84.9 Å². The number of benzene rings is 3. The summed E-state index contributed by atoms with van der Waals surface area (Å²) >= 11 is 2.70. The van der Waals surface area contributed by atoms with Crippen molar-refractivity contribution in [2.24, 2.45) is 0 Å². The minimum atomic E-state index is -0.598. The number of carbonyl (C=O) groups is 5. The fraction of sp³-hybridized carbons (Fsp3) is 0.0938. The molecule has 1 fully saturated rings. The number of hydrogen-bond donors (Lipinski definition) is 2. The second kappa shape index (κ2) is 12.8. The molecule has 1 unspecified atom stereocenters. The van der Waals surface area contributed by atoms with Gasteiger partial charge in [-0.25, -0.2) is 4.90 Å². The summed E-state index contributed by atoms with van der Waals surface area (Å²) in [4.78, 5) is 65.9. The minimum absolute atomic E-state index is 0.0500. The number of amides is 4. The van der Waals surface area contributed by atoms with Crippen LogP contribution in [0.4, 0.5) is 11.4 Å². The standard InChI is InChI=1S/C32H25N3O5S2/c1-20(36)21-9-13-24(14-10-21)35-29(37)19-28(32(35)40)42-25-15-11-23(12-16-25)33-31(39)27(18-26-8-5-17-41-26)34-30(38)22-6-3-2-4-7-22/h2-18,28H,19H2,1H3,(H,33,39)(H,34,38)/b27-18-. The summed E-state index contributed by atoms with van der Waals surface area (Å²) in [5, 5.41) is 6.80. The van der Waals surface area contributed by atoms with Crippen LogP contribution >= 0.6 is 23.1 Å². The lowest BCUT2D eigenvalue weighted by Gasteiger charge is -2.15. The van der Waals surface area contributed by atoms with Crippen LogP contribution in [0.2, 0.25) is 0 Å². The zero-order valence-corrected chi connectivity index (χ0v) is 24.0. The normalized spacial score (nSPS) is 15.0. The second-order valence-corrected chi connectivity index (χ2v) is 11.6. The molecular weight excluding hydrogens is 571 g/mol. The number of rotatable bonds is 9. The molecule has 1 aliphatic heterocycles. The first-order chi connectivity index (χ1) is 20.3. The Morgan fingerprint density at radius 1 is 0.881 bits per heavy atom. The third-order valence-electron chi connectivity index (χ3n) is 6.39. The Morgan fingerprint density at radius 2 is 1.60 bits per heavy atom. The Balaban J connectivity index is 1.24. The van der Waals surface area contributed by atoms with Gasteiger partial charge in [-0.15, -0.1) is 23.1 Å². The average molecular weight is 596 g/mol. The van der Waals surface area contributed by atoms with Crippen LogP contribution < -0.4 is 15.5 Å². The van der Waals surface area contributed by atoms with Gasteiger partial charge in [-0.1, -0.05) is 24.3 Å². The molecule has 1 aliphatic rings. The van der Waals surface area contributed by atoms with Crippen molar-refractivity contribution in [3.63, 3.8) is 0 Å². The third kappa shape index (κ3) is 6.73. The molecule has 4 amide bonds. The zero-order valence-electron chi connectivity index (χ0n) is 22.4. The van der Waals surface area contributed by atoms with E-state index in [1.807, 2.05) is 17.5 Å². The molecule has 0 spiro atoms. The molecule has 0 saturated carbocycles. The van der Waals surface area contributed by atoms with Crippen molar-refractivity contribution in [2.45, 2.75) is 23.5 Å². The molecule has 0 radical (unpaired) electrons. The summed E-state index contributed by atoms with van der Waals surface area (Å²) in [6, 6.07) is 25.6. The number of anilines is 2. The van der Waals surface area contributed by atoms with E-state index in [1.165, 1.54) is 30.0 Å². The van der Waals surface area contributed by atoms with E-state index >= 15 is 0 Å². The maximum absolute atomic E-state index is 13.2. The van der Waals surface area contributed by atoms with Crippen molar-refractivity contribution in [1.29, 1.82) is 0 Å². The molecule has 0 bridgehead atoms. The van der Waals surface area contributed by atoms with Crippen molar-refractivity contribution < 1.29 is 24.0 Å². The first-order valence-corrected chi connectivity index (χ1v) is 14.7. The molecule has 10 heteroatoms. The Morgan fingerprint density at radius 3 is 2.24 bits per heavy atom. The average Bonchev–Trinajstić information content (AvgIpc) is 3.61. The Labute approximate surface area is 250 Å². The number of hydrogen-bond acceptors (Lipinski definition) is 7. The lowest BCUT2D eigenvalue weighted by atomic mass is 10.1. The molecular formula is C32H25N3O5S2. The van der Waals surface area contributed by atoms with E-state index < -0.39 is 17.1 Å². The van der Waals surface area contributed by atoms with Crippen LogP contribution in [0.15, 0.2) is 107 Å². The number of Topliss-reactive ketones (excluding diaryl/α,β-unsaturated/α-hetero) is 1. The number of carbonyl (C=O) groups excluding carboxylic acids is 5. The van der Waals surface area contributed by atoms with Gasteiger partial charge in [-0.05, 0) is 85.1 Å². The topological polar surface area (TPSA) is 113 Å². The van der Waals surface area contributed by atoms with E-state index in [0.717, 1.165) is 14.7 Å². The largest absolute Gasteiger partial charge is 0.321 e. The number of ketones is 1. The van der Waals surface area contributed by atoms with Gasteiger partial charge in [-0.2, -0.15) is 0 Å². The van der Waals surface area contributed by atoms with Crippen LogP contribution in [0.3, 0.4) is 0 Å². The van der Waals surface area contributed by atoms with Crippen LogP contribution in [0.1, 0.15) is 38.9 Å². The maximum atomic E-state index is 13.2. The van der Waals surface area contributed by atoms with Crippen molar-refractivity contribution >= 4 is 70.0 Å². The van der Waals surface area contributed by atoms with Gasteiger partial charge in [0.15, 0.2) is 5.78 Å². The monoisotopic (exact) mass is 595 g/mol. The van der Waals surface area contributed by atoms with E-state index in [-0.39, 0.29) is 29.7 Å². The van der Waals surface area contributed by atoms with Crippen LogP contribution in [-0.2, 0) is 14.4 Å². The number of thioether (sulfide) groups is 1. The second-order valence-electron chi connectivity index (χ2n) is 9.35. The molecule has 1 saturated heterocycles. The van der Waals surface area contributed by atoms with Crippen molar-refractivity contribution in [2.75, 3.05) is 10.2 Å². The van der Waals surface area contributed by atoms with Crippen LogP contribution in [0, 0.1) is 0 Å². The molecule has 3 aromatic carbocycles. The lowest BCUT2D eigenvalue weighted by molar-refractivity contribution is -0.121. The maximum Gasteiger partial charge on any atom is 0.272 e. The number of imide groups is 1. The summed E-state index contributed by atoms with van der Waals surface area (Å²) in [5.41, 5.74) is 1.95. The molecule has 2 N–H and O–H groups in total. The summed E-state index contributed by atoms with van der Waals surface area (Å²) in [7, 11) is 0. The third-order valence-corrected chi connectivity index (χ3v) is 8.40. The van der Waals surface area contributed by atoms with Gasteiger partial charge in [0.25, 0.3) is 11.8 Å². The van der Waals surface area contributed by atoms with Gasteiger partial charge >= 0.3 is 0 Å². The van der Waals surface area contributed by atoms with Crippen LogP contribution in [-0.4, -0.2) is 34.7 Å². The smallest absolute Gasteiger partial charge is 0.272 e. The molecule has 0 aliphatic carbocycles. The molecule has 8 nitrogen and oxygen atoms in total. The molecule has 210 valence electrons. The van der Waals surface area contributed by atoms with Crippen molar-refractivity contribution in [3.8, 4) is 0 Å². The van der Waals surface area contributed by atoms with E-state index in [0.29, 0.717) is 22.5 Å². The SMILES string of the molecule is CC(=O)c1ccc(N2C(=O)CC(Sc3ccc(NC(=O)/C(=C/c4cccs4)NC(=O)c4ccccc4)cc3)C2=O)cc1. The Bertz CT molecular complexity index is 1670. The fourth-order valence-corrected chi connectivity index (χ4v) is 5.96. The van der Waals surface area contributed by atoms with Crippen LogP contribution in [0.25, 0.3) is 6.08 Å². The minimum Gasteiger partial charge on any atom is -0.321 e. The van der Waals surface area contributed by atoms with Gasteiger partial charge < -0.3 is 10.6 Å². The van der Waals surface area contributed by atoms with Gasteiger partial charge in [0.2, 0.25) is 11.8 Å². The Hall–Kier alpha value is -4.80. The fourth-order valence-electron chi connectivity index (χ4n) is 4.25. The molecule has 42 heavy (non-hydrogen) atoms. The highest BCUT2D eigenvalue weighted by Crippen LogP contribution is 2.34. The highest BCUT2D eigenvalue weighted by Gasteiger charge is 2.40. The quantitative estimate of drug-likeness (QED) is 0.144. The summed E-state index contributed by atoms with van der Waals surface area (Å²) in [6.45, 7) is 1.45. The van der Waals surface area contributed by atoms with Crippen molar-refractivity contribution in [1.82, 2.24) is 5.32 Å². The van der Waals surface area contributed by atoms with E-state index in [9.17, 15) is 24.0 Å². The first-order valence-electron chi connectivity index (χ1n) is 13.0. The summed E-state index contributed by atoms with van der Waals surface area (Å²) in [6.07, 6.45) is 1.67. The van der Waals surface area contributed by atoms with Gasteiger partial charge in [0.1, 0.15) is 5.70 Å². The van der Waals surface area contributed by atoms with Gasteiger partial charge in [-0.3, -0.25) is 24.0 Å². The number of thiophene rings is 1. The van der Waals surface area contributed by atoms with Gasteiger partial charge in [0, 0.05) is 33.0 Å². The van der Waals surface area contributed by atoms with E-state index in [2.05, 4.69) is 10.6 Å². The van der Waals surface area contributed by atoms with Crippen LogP contribution in [0.5, 0.6) is 0 Å². The number of nitrogens with one attached hydrogen (secondary N) is 2. The molecule has 2 heterocycles. The molecule has 5 rings (SSSR count). The van der Waals surface area contributed by atoms with Crippen molar-refractivity contribution in [3.05, 3.63) is 118 Å². The Kier molecular flexibility index (Phi) is 8.75. The lowest BCUT2D eigenvalue weighted by Crippen LogP contribution is -2.31. The predicted octanol–water partition coefficient (Wildman–Crippen LogP) is 5.78. The van der Waals surface area contributed by atoms with Gasteiger partial charge in [0.05, 0.1) is 10.9 Å². The van der Waals surface area contributed by atoms with E-state index in [4.69, 9.17) is 0 Å². The molecule has 1 aromatic heterocycles. The molecule has 1 atom stereocenters. The first kappa shape index (κ1) is 28.7. The zero-order chi connectivity index (χ0) is 29.6. The summed E-state index contributed by atoms with van der Waals surface area (Å²) < 4.78 is 0. The highest BCUT2D eigenvalue weighted by atomic mass is 32.2. The number of nitrogens with zero attached hydrogens (tertiary/aromatic N) is 1. The summed E-state index contributed by atoms with van der Waals surface area (Å²) in [5.74, 6) is -1.62. The molecule has 4 aromatic rings. The highest BCUT2D eigenvalue weighted by molar-refractivity contribution is 8.00.